The van der Waals surface area contributed by atoms with Crippen molar-refractivity contribution in [2.45, 2.75) is 12.8 Å². The van der Waals surface area contributed by atoms with Crippen molar-refractivity contribution < 1.29 is 40.5 Å². The summed E-state index contributed by atoms with van der Waals surface area (Å²) >= 11 is 1.13. The van der Waals surface area contributed by atoms with Gasteiger partial charge in [0.1, 0.15) is 6.61 Å². The Morgan fingerprint density at radius 1 is 1.57 bits per heavy atom. The number of carbonyl (C=O) groups is 2. The molecule has 0 aliphatic carbocycles. The van der Waals surface area contributed by atoms with Gasteiger partial charge in [0.2, 0.25) is 5.91 Å². The molecule has 0 atom stereocenters. The Kier molecular flexibility index (Phi) is 7.28. The summed E-state index contributed by atoms with van der Waals surface area (Å²) in [4.78, 5) is 26.3. The summed E-state index contributed by atoms with van der Waals surface area (Å²) in [5, 5.41) is 14.0. The Hall–Kier alpha value is -0.982. The fraction of sp³-hybridized carbons (Fsp3) is 0.500. The summed E-state index contributed by atoms with van der Waals surface area (Å²) in [6, 6.07) is 0. The van der Waals surface area contributed by atoms with E-state index >= 15 is 0 Å². The minimum atomic E-state index is -1.08. The van der Waals surface area contributed by atoms with Crippen LogP contribution < -0.4 is 4.74 Å². The molecule has 2 rings (SSSR count). The minimum Gasteiger partial charge on any atom is -0.476 e. The van der Waals surface area contributed by atoms with Gasteiger partial charge in [0.25, 0.3) is 5.19 Å². The van der Waals surface area contributed by atoms with Gasteiger partial charge in [-0.1, -0.05) is 11.3 Å². The first-order valence-electron chi connectivity index (χ1n) is 6.28. The second kappa shape index (κ2) is 8.46. The Morgan fingerprint density at radius 3 is 2.95 bits per heavy atom. The average Bonchev–Trinajstić information content (AvgIpc) is 2.89. The van der Waals surface area contributed by atoms with Crippen LogP contribution in [-0.2, 0) is 25.9 Å². The Bertz CT molecular complexity index is 497. The van der Waals surface area contributed by atoms with Gasteiger partial charge in [-0.15, -0.1) is 6.54 Å². The molecule has 1 N–H and O–H groups in total. The number of rotatable bonds is 6. The van der Waals surface area contributed by atoms with Crippen molar-refractivity contribution in [1.82, 2.24) is 15.0 Å². The monoisotopic (exact) mass is 482 g/mol. The third-order valence-electron chi connectivity index (χ3n) is 2.93. The second-order valence-electron chi connectivity index (χ2n) is 4.23. The molecule has 0 saturated carbocycles. The van der Waals surface area contributed by atoms with Gasteiger partial charge >= 0.3 is 5.97 Å². The number of hydrogen-bond donors (Lipinski definition) is 1. The number of aromatic carboxylic acids is 1. The molecule has 2 heterocycles. The summed E-state index contributed by atoms with van der Waals surface area (Å²) in [5.74, 6) is -1.01. The predicted octanol–water partition coefficient (Wildman–Crippen LogP) is 0.891. The molecule has 9 heteroatoms. The molecule has 7 nitrogen and oxygen atoms in total. The second-order valence-corrected chi connectivity index (χ2v) is 5.05. The van der Waals surface area contributed by atoms with E-state index in [2.05, 4.69) is 11.9 Å². The van der Waals surface area contributed by atoms with Crippen molar-refractivity contribution in [3.05, 3.63) is 18.0 Å². The van der Waals surface area contributed by atoms with Gasteiger partial charge in [-0.05, 0) is 6.42 Å². The van der Waals surface area contributed by atoms with Crippen LogP contribution in [0.3, 0.4) is 0 Å². The number of hydrogen-bond acceptors (Lipinski definition) is 6. The van der Waals surface area contributed by atoms with E-state index in [0.29, 0.717) is 24.7 Å². The number of hydrazine groups is 1. The number of aromatic nitrogens is 1. The number of nitrogens with zero attached hydrogens (tertiary/aromatic N) is 3. The summed E-state index contributed by atoms with van der Waals surface area (Å²) in [6.07, 6.45) is 1.39. The quantitative estimate of drug-likeness (QED) is 0.607. The van der Waals surface area contributed by atoms with Crippen LogP contribution >= 0.6 is 11.3 Å². The van der Waals surface area contributed by atoms with E-state index in [-0.39, 0.29) is 39.3 Å². The molecular formula is C12H16N3O4SW-. The zero-order valence-corrected chi connectivity index (χ0v) is 15.1. The molecule has 0 radical (unpaired) electrons. The third kappa shape index (κ3) is 4.76. The van der Waals surface area contributed by atoms with Crippen LogP contribution in [0, 0.1) is 6.92 Å². The van der Waals surface area contributed by atoms with Gasteiger partial charge in [0.05, 0.1) is 6.54 Å². The molecule has 1 saturated heterocycles. The van der Waals surface area contributed by atoms with Crippen LogP contribution in [0.2, 0.25) is 0 Å². The first-order chi connectivity index (χ1) is 9.61. The molecule has 1 aromatic rings. The molecule has 0 unspecified atom stereocenters. The molecule has 1 aromatic heterocycles. The van der Waals surface area contributed by atoms with Crippen molar-refractivity contribution in [2.75, 3.05) is 26.2 Å². The van der Waals surface area contributed by atoms with E-state index in [1.165, 1.54) is 5.38 Å². The van der Waals surface area contributed by atoms with Gasteiger partial charge < -0.3 is 16.8 Å². The number of ether oxygens (including phenoxy) is 1. The smallest absolute Gasteiger partial charge is 0.355 e. The van der Waals surface area contributed by atoms with Crippen molar-refractivity contribution in [1.29, 1.82) is 0 Å². The molecule has 1 aliphatic heterocycles. The van der Waals surface area contributed by atoms with E-state index < -0.39 is 5.97 Å². The molecule has 1 amide bonds. The van der Waals surface area contributed by atoms with Crippen LogP contribution in [0.1, 0.15) is 23.3 Å². The van der Waals surface area contributed by atoms with E-state index in [0.717, 1.165) is 24.3 Å². The average molecular weight is 482 g/mol. The SMILES string of the molecule is [CH2-]CN1CCCC(=O)N1CCOc1nc(C(=O)O)cs1.[W]. The molecular weight excluding hydrogens is 466 g/mol. The largest absolute Gasteiger partial charge is 0.476 e. The van der Waals surface area contributed by atoms with Crippen LogP contribution in [0.25, 0.3) is 0 Å². The fourth-order valence-electron chi connectivity index (χ4n) is 1.96. The zero-order valence-electron chi connectivity index (χ0n) is 11.4. The van der Waals surface area contributed by atoms with Crippen LogP contribution in [0.4, 0.5) is 0 Å². The number of carboxylic acids is 1. The van der Waals surface area contributed by atoms with E-state index in [1.807, 2.05) is 5.01 Å². The van der Waals surface area contributed by atoms with Gasteiger partial charge in [0, 0.05) is 39.4 Å². The standard InChI is InChI=1S/C12H16N3O4S.W/c1-2-14-5-3-4-10(16)15(14)6-7-19-12-13-9(8-20-12)11(17)18;/h8H,1-7H2,(H,17,18);/q-1;. The van der Waals surface area contributed by atoms with Gasteiger partial charge in [-0.2, -0.15) is 4.98 Å². The van der Waals surface area contributed by atoms with E-state index in [4.69, 9.17) is 9.84 Å². The normalized spacial score (nSPS) is 15.7. The Labute approximate surface area is 141 Å². The minimum absolute atomic E-state index is 0. The molecule has 1 aliphatic rings. The first-order valence-corrected chi connectivity index (χ1v) is 7.16. The first kappa shape index (κ1) is 18.1. The molecule has 0 bridgehead atoms. The third-order valence-corrected chi connectivity index (χ3v) is 3.68. The maximum absolute atomic E-state index is 11.8. The van der Waals surface area contributed by atoms with Crippen molar-refractivity contribution in [3.63, 3.8) is 0 Å². The fourth-order valence-corrected chi connectivity index (χ4v) is 2.63. The molecule has 116 valence electrons. The number of carboxylic acid groups (broad SMARTS) is 1. The van der Waals surface area contributed by atoms with Crippen LogP contribution in [0.15, 0.2) is 5.38 Å². The number of amides is 1. The molecule has 1 fully saturated rings. The van der Waals surface area contributed by atoms with Crippen molar-refractivity contribution in [2.24, 2.45) is 0 Å². The summed E-state index contributed by atoms with van der Waals surface area (Å²) in [5.41, 5.74) is -0.0292. The summed E-state index contributed by atoms with van der Waals surface area (Å²) in [7, 11) is 0. The topological polar surface area (TPSA) is 83.0 Å². The maximum Gasteiger partial charge on any atom is 0.355 e. The van der Waals surface area contributed by atoms with Gasteiger partial charge in [-0.3, -0.25) is 9.80 Å². The Balaban J connectivity index is 0.00000220. The van der Waals surface area contributed by atoms with Gasteiger partial charge in [0.15, 0.2) is 5.69 Å². The van der Waals surface area contributed by atoms with Gasteiger partial charge in [-0.25, -0.2) is 9.80 Å². The van der Waals surface area contributed by atoms with E-state index in [9.17, 15) is 9.59 Å². The van der Waals surface area contributed by atoms with Crippen molar-refractivity contribution in [3.8, 4) is 5.19 Å². The van der Waals surface area contributed by atoms with Crippen molar-refractivity contribution >= 4 is 23.2 Å². The summed E-state index contributed by atoms with van der Waals surface area (Å²) < 4.78 is 5.38. The van der Waals surface area contributed by atoms with E-state index in [1.54, 1.807) is 5.01 Å². The summed E-state index contributed by atoms with van der Waals surface area (Å²) in [6.45, 7) is 5.83. The number of carbonyl (C=O) groups excluding carboxylic acids is 1. The predicted molar refractivity (Wildman–Crippen MR) is 72.4 cm³/mol. The molecule has 0 spiro atoms. The molecule has 0 aromatic carbocycles. The number of thiazole rings is 1. The maximum atomic E-state index is 11.8. The molecule has 21 heavy (non-hydrogen) atoms. The Morgan fingerprint density at radius 2 is 2.33 bits per heavy atom. The van der Waals surface area contributed by atoms with Crippen LogP contribution in [-0.4, -0.2) is 58.2 Å². The zero-order chi connectivity index (χ0) is 14.5. The van der Waals surface area contributed by atoms with Crippen LogP contribution in [0.5, 0.6) is 5.19 Å².